The van der Waals surface area contributed by atoms with Crippen molar-refractivity contribution in [2.75, 3.05) is 18.4 Å². The molecule has 2 N–H and O–H groups in total. The molecular formula is C27H28F2N6O. The number of aromatic nitrogens is 4. The third-order valence-corrected chi connectivity index (χ3v) is 6.29. The van der Waals surface area contributed by atoms with E-state index in [1.54, 1.807) is 24.5 Å². The van der Waals surface area contributed by atoms with Gasteiger partial charge in [0, 0.05) is 41.6 Å². The number of alkyl halides is 2. The second kappa shape index (κ2) is 11.2. The molecule has 0 saturated heterocycles. The molecule has 0 aliphatic heterocycles. The molecule has 0 spiro atoms. The van der Waals surface area contributed by atoms with Crippen LogP contribution in [-0.4, -0.2) is 45.4 Å². The summed E-state index contributed by atoms with van der Waals surface area (Å²) in [7, 11) is 0. The number of hydrogen-bond donors (Lipinski definition) is 2. The van der Waals surface area contributed by atoms with Crippen LogP contribution in [0.2, 0.25) is 0 Å². The highest BCUT2D eigenvalue weighted by atomic mass is 19.3. The summed E-state index contributed by atoms with van der Waals surface area (Å²) in [5, 5.41) is 6.31. The molecule has 4 rings (SSSR count). The average Bonchev–Trinajstić information content (AvgIpc) is 2.89. The van der Waals surface area contributed by atoms with Crippen LogP contribution in [0, 0.1) is 12.8 Å². The van der Waals surface area contributed by atoms with Gasteiger partial charge >= 0.3 is 0 Å². The highest BCUT2D eigenvalue weighted by molar-refractivity contribution is 6.06. The lowest BCUT2D eigenvalue weighted by Gasteiger charge is -2.22. The Bertz CT molecular complexity index is 1350. The number of amides is 1. The first kappa shape index (κ1) is 25.1. The van der Waals surface area contributed by atoms with Gasteiger partial charge in [-0.15, -0.1) is 0 Å². The number of halogens is 2. The standard InChI is InChI=1S/C27H28F2N6O/c1-16(12-32-25-11-23(34-15-35-25)19-8-7-17(2)31-13-19)18(3)20-5-4-6-21-22(9-10-30-26(20)21)27(36)33-14-24(28)29/h4-11,13,15-16,18,24H,12,14H2,1-3H3,(H,33,36)(H,32,34,35)/t16-,18?/m1/s1. The van der Waals surface area contributed by atoms with Gasteiger partial charge in [-0.1, -0.05) is 32.0 Å². The largest absolute Gasteiger partial charge is 0.370 e. The number of carbonyl (C=O) groups excluding carboxylic acids is 1. The minimum absolute atomic E-state index is 0.0932. The van der Waals surface area contributed by atoms with Crippen LogP contribution in [0.25, 0.3) is 22.2 Å². The summed E-state index contributed by atoms with van der Waals surface area (Å²) in [6.45, 7) is 6.13. The number of carbonyl (C=O) groups is 1. The molecule has 3 heterocycles. The lowest BCUT2D eigenvalue weighted by atomic mass is 9.87. The first-order valence-corrected chi connectivity index (χ1v) is 11.8. The molecule has 1 aromatic carbocycles. The van der Waals surface area contributed by atoms with Crippen molar-refractivity contribution in [3.05, 3.63) is 78.0 Å². The van der Waals surface area contributed by atoms with E-state index in [2.05, 4.69) is 44.4 Å². The Morgan fingerprint density at radius 1 is 1.00 bits per heavy atom. The minimum Gasteiger partial charge on any atom is -0.370 e. The summed E-state index contributed by atoms with van der Waals surface area (Å²) in [5.74, 6) is 0.461. The number of nitrogens with zero attached hydrogens (tertiary/aromatic N) is 4. The van der Waals surface area contributed by atoms with E-state index in [1.165, 1.54) is 6.33 Å². The van der Waals surface area contributed by atoms with Gasteiger partial charge in [-0.3, -0.25) is 14.8 Å². The van der Waals surface area contributed by atoms with E-state index >= 15 is 0 Å². The predicted molar refractivity (Wildman–Crippen MR) is 136 cm³/mol. The fourth-order valence-electron chi connectivity index (χ4n) is 4.01. The highest BCUT2D eigenvalue weighted by Gasteiger charge is 2.20. The fourth-order valence-corrected chi connectivity index (χ4v) is 4.01. The number of pyridine rings is 2. The normalized spacial score (nSPS) is 12.9. The summed E-state index contributed by atoms with van der Waals surface area (Å²) >= 11 is 0. The molecule has 0 radical (unpaired) electrons. The molecule has 9 heteroatoms. The van der Waals surface area contributed by atoms with Gasteiger partial charge in [0.2, 0.25) is 0 Å². The maximum absolute atomic E-state index is 12.6. The SMILES string of the molecule is Cc1ccc(-c2cc(NC[C@@H](C)C(C)c3cccc4c(C(=O)NCC(F)F)ccnc34)ncn2)cn1. The van der Waals surface area contributed by atoms with Gasteiger partial charge in [-0.25, -0.2) is 18.7 Å². The highest BCUT2D eigenvalue weighted by Crippen LogP contribution is 2.31. The van der Waals surface area contributed by atoms with E-state index in [-0.39, 0.29) is 11.8 Å². The summed E-state index contributed by atoms with van der Waals surface area (Å²) in [6.07, 6.45) is 2.26. The third kappa shape index (κ3) is 5.79. The zero-order valence-corrected chi connectivity index (χ0v) is 20.4. The predicted octanol–water partition coefficient (Wildman–Crippen LogP) is 5.24. The molecule has 3 aromatic heterocycles. The van der Waals surface area contributed by atoms with Crippen LogP contribution in [0.1, 0.15) is 41.4 Å². The van der Waals surface area contributed by atoms with Crippen LogP contribution in [0.15, 0.2) is 61.2 Å². The maximum Gasteiger partial charge on any atom is 0.255 e. The molecular weight excluding hydrogens is 462 g/mol. The average molecular weight is 491 g/mol. The van der Waals surface area contributed by atoms with Crippen molar-refractivity contribution in [1.29, 1.82) is 0 Å². The first-order chi connectivity index (χ1) is 17.3. The number of rotatable bonds is 9. The van der Waals surface area contributed by atoms with E-state index in [9.17, 15) is 13.6 Å². The number of hydrogen-bond acceptors (Lipinski definition) is 6. The van der Waals surface area contributed by atoms with E-state index in [4.69, 9.17) is 0 Å². The van der Waals surface area contributed by atoms with Gasteiger partial charge in [0.15, 0.2) is 0 Å². The Morgan fingerprint density at radius 2 is 1.83 bits per heavy atom. The maximum atomic E-state index is 12.6. The molecule has 0 bridgehead atoms. The third-order valence-electron chi connectivity index (χ3n) is 6.29. The van der Waals surface area contributed by atoms with Crippen molar-refractivity contribution in [2.24, 2.45) is 5.92 Å². The molecule has 0 saturated carbocycles. The van der Waals surface area contributed by atoms with Crippen molar-refractivity contribution in [2.45, 2.75) is 33.1 Å². The van der Waals surface area contributed by atoms with Crippen LogP contribution < -0.4 is 10.6 Å². The topological polar surface area (TPSA) is 92.7 Å². The van der Waals surface area contributed by atoms with Crippen LogP contribution in [0.5, 0.6) is 0 Å². The van der Waals surface area contributed by atoms with Gasteiger partial charge < -0.3 is 10.6 Å². The summed E-state index contributed by atoms with van der Waals surface area (Å²) in [5.41, 5.74) is 4.66. The lowest BCUT2D eigenvalue weighted by Crippen LogP contribution is -2.28. The first-order valence-electron chi connectivity index (χ1n) is 11.8. The molecule has 0 aliphatic rings. The summed E-state index contributed by atoms with van der Waals surface area (Å²) in [4.78, 5) is 30.0. The quantitative estimate of drug-likeness (QED) is 0.333. The van der Waals surface area contributed by atoms with Crippen LogP contribution in [0.4, 0.5) is 14.6 Å². The summed E-state index contributed by atoms with van der Waals surface area (Å²) < 4.78 is 25.1. The van der Waals surface area contributed by atoms with E-state index in [1.807, 2.05) is 37.3 Å². The van der Waals surface area contributed by atoms with Gasteiger partial charge in [-0.05, 0) is 42.5 Å². The molecule has 0 fully saturated rings. The van der Waals surface area contributed by atoms with Crippen molar-refractivity contribution in [1.82, 2.24) is 25.3 Å². The number of aryl methyl sites for hydroxylation is 1. The molecule has 186 valence electrons. The van der Waals surface area contributed by atoms with Crippen molar-refractivity contribution in [3.63, 3.8) is 0 Å². The molecule has 4 aromatic rings. The van der Waals surface area contributed by atoms with Crippen LogP contribution >= 0.6 is 0 Å². The van der Waals surface area contributed by atoms with Gasteiger partial charge in [0.1, 0.15) is 12.1 Å². The number of nitrogens with one attached hydrogen (secondary N) is 2. The Morgan fingerprint density at radius 3 is 2.58 bits per heavy atom. The molecule has 0 aliphatic carbocycles. The summed E-state index contributed by atoms with van der Waals surface area (Å²) in [6, 6.07) is 13.0. The van der Waals surface area contributed by atoms with Gasteiger partial charge in [-0.2, -0.15) is 0 Å². The Hall–Kier alpha value is -4.01. The second-order valence-corrected chi connectivity index (χ2v) is 8.83. The zero-order chi connectivity index (χ0) is 25.7. The molecule has 36 heavy (non-hydrogen) atoms. The van der Waals surface area contributed by atoms with Crippen molar-refractivity contribution in [3.8, 4) is 11.3 Å². The number of benzene rings is 1. The Balaban J connectivity index is 1.49. The van der Waals surface area contributed by atoms with Gasteiger partial charge in [0.05, 0.1) is 23.3 Å². The fraction of sp³-hybridized carbons (Fsp3) is 0.296. The number of anilines is 1. The van der Waals surface area contributed by atoms with Crippen molar-refractivity contribution >= 4 is 22.6 Å². The molecule has 2 atom stereocenters. The lowest BCUT2D eigenvalue weighted by molar-refractivity contribution is 0.0893. The van der Waals surface area contributed by atoms with Crippen LogP contribution in [-0.2, 0) is 0 Å². The van der Waals surface area contributed by atoms with Crippen molar-refractivity contribution < 1.29 is 13.6 Å². The monoisotopic (exact) mass is 490 g/mol. The van der Waals surface area contributed by atoms with E-state index in [0.29, 0.717) is 28.8 Å². The minimum atomic E-state index is -2.61. The van der Waals surface area contributed by atoms with E-state index in [0.717, 1.165) is 22.5 Å². The molecule has 1 unspecified atom stereocenters. The Labute approximate surface area is 208 Å². The second-order valence-electron chi connectivity index (χ2n) is 8.83. The van der Waals surface area contributed by atoms with Crippen LogP contribution in [0.3, 0.4) is 0 Å². The molecule has 1 amide bonds. The zero-order valence-electron chi connectivity index (χ0n) is 20.4. The Kier molecular flexibility index (Phi) is 7.77. The number of para-hydroxylation sites is 1. The van der Waals surface area contributed by atoms with E-state index < -0.39 is 18.9 Å². The van der Waals surface area contributed by atoms with Gasteiger partial charge in [0.25, 0.3) is 12.3 Å². The smallest absolute Gasteiger partial charge is 0.255 e. The number of fused-ring (bicyclic) bond motifs is 1. The molecule has 7 nitrogen and oxygen atoms in total.